The molecule has 2 aromatic heterocycles. The molecule has 0 spiro atoms. The van der Waals surface area contributed by atoms with Crippen LogP contribution in [0.1, 0.15) is 56.9 Å². The van der Waals surface area contributed by atoms with E-state index < -0.39 is 0 Å². The molecule has 0 radical (unpaired) electrons. The van der Waals surface area contributed by atoms with Crippen molar-refractivity contribution in [1.29, 1.82) is 0 Å². The average molecular weight is 449 g/mol. The fraction of sp³-hybridized carbons (Fsp3) is 0.258. The van der Waals surface area contributed by atoms with Gasteiger partial charge >= 0.3 is 0 Å². The average Bonchev–Trinajstić information content (AvgIpc) is 3.19. The third kappa shape index (κ3) is 4.07. The zero-order chi connectivity index (χ0) is 24.0. The summed E-state index contributed by atoms with van der Waals surface area (Å²) in [4.78, 5) is 4.77. The largest absolute Gasteiger partial charge is 0.311 e. The van der Waals surface area contributed by atoms with Crippen LogP contribution in [0.5, 0.6) is 0 Å². The van der Waals surface area contributed by atoms with Crippen molar-refractivity contribution in [2.24, 2.45) is 5.92 Å². The first-order valence-electron chi connectivity index (χ1n) is 12.0. The van der Waals surface area contributed by atoms with Gasteiger partial charge in [0.1, 0.15) is 12.2 Å². The Morgan fingerprint density at radius 1 is 1.15 bits per heavy atom. The van der Waals surface area contributed by atoms with Crippen LogP contribution in [0.25, 0.3) is 27.4 Å². The van der Waals surface area contributed by atoms with Crippen LogP contribution >= 0.6 is 0 Å². The Bertz CT molecular complexity index is 1460. The highest BCUT2D eigenvalue weighted by molar-refractivity contribution is 5.89. The number of rotatable bonds is 4. The molecule has 3 nitrogen and oxygen atoms in total. The molecule has 0 fully saturated rings. The molecule has 34 heavy (non-hydrogen) atoms. The zero-order valence-electron chi connectivity index (χ0n) is 20.7. The predicted molar refractivity (Wildman–Crippen MR) is 142 cm³/mol. The summed E-state index contributed by atoms with van der Waals surface area (Å²) in [5.41, 5.74) is 7.63. The van der Waals surface area contributed by atoms with E-state index in [2.05, 4.69) is 96.0 Å². The highest BCUT2D eigenvalue weighted by Gasteiger charge is 2.22. The number of furan rings is 1. The van der Waals surface area contributed by atoms with Gasteiger partial charge in [0.25, 0.3) is 5.58 Å². The van der Waals surface area contributed by atoms with Crippen LogP contribution in [0.2, 0.25) is 0 Å². The van der Waals surface area contributed by atoms with Crippen molar-refractivity contribution < 1.29 is 8.99 Å². The second-order valence-corrected chi connectivity index (χ2v) is 10.7. The van der Waals surface area contributed by atoms with Crippen LogP contribution in [0.3, 0.4) is 0 Å². The van der Waals surface area contributed by atoms with Gasteiger partial charge in [-0.25, -0.2) is 0 Å². The molecule has 0 N–H and O–H groups in total. The summed E-state index contributed by atoms with van der Waals surface area (Å²) < 4.78 is 7.82. The van der Waals surface area contributed by atoms with E-state index >= 15 is 0 Å². The number of pyridine rings is 1. The molecular formula is C31H32N2O. The molecular weight excluding hydrogens is 416 g/mol. The lowest BCUT2D eigenvalue weighted by molar-refractivity contribution is -0.417. The van der Waals surface area contributed by atoms with Gasteiger partial charge in [-0.15, -0.1) is 0 Å². The molecule has 3 heteroatoms. The molecule has 172 valence electrons. The molecule has 1 aliphatic heterocycles. The molecule has 0 amide bonds. The van der Waals surface area contributed by atoms with Crippen LogP contribution in [-0.2, 0) is 11.8 Å². The fourth-order valence-electron chi connectivity index (χ4n) is 4.75. The topological polar surface area (TPSA) is 27.2 Å². The van der Waals surface area contributed by atoms with Crippen molar-refractivity contribution in [2.75, 3.05) is 0 Å². The van der Waals surface area contributed by atoms with Gasteiger partial charge in [0.2, 0.25) is 6.26 Å². The summed E-state index contributed by atoms with van der Waals surface area (Å²) >= 11 is 0. The summed E-state index contributed by atoms with van der Waals surface area (Å²) in [6, 6.07) is 16.4. The molecule has 3 heterocycles. The number of hydrogen-bond acceptors (Lipinski definition) is 1. The zero-order valence-corrected chi connectivity index (χ0v) is 20.7. The first kappa shape index (κ1) is 22.2. The highest BCUT2D eigenvalue weighted by atomic mass is 16.3. The molecule has 4 aromatic rings. The molecule has 0 aliphatic carbocycles. The molecule has 5 rings (SSSR count). The smallest absolute Gasteiger partial charge is 0.283 e. The van der Waals surface area contributed by atoms with E-state index in [9.17, 15) is 0 Å². The van der Waals surface area contributed by atoms with Crippen molar-refractivity contribution in [3.05, 3.63) is 102 Å². The lowest BCUT2D eigenvalue weighted by atomic mass is 9.81. The third-order valence-electron chi connectivity index (χ3n) is 6.45. The minimum atomic E-state index is 0.0289. The van der Waals surface area contributed by atoms with Gasteiger partial charge < -0.3 is 4.42 Å². The number of aromatic nitrogens is 1. The van der Waals surface area contributed by atoms with Crippen molar-refractivity contribution in [3.63, 3.8) is 0 Å². The fourth-order valence-corrected chi connectivity index (χ4v) is 4.75. The Morgan fingerprint density at radius 3 is 2.71 bits per heavy atom. The van der Waals surface area contributed by atoms with Crippen molar-refractivity contribution in [1.82, 2.24) is 4.98 Å². The number of allylic oxidation sites excluding steroid dienone is 2. The first-order valence-corrected chi connectivity index (χ1v) is 12.0. The molecule has 0 saturated heterocycles. The van der Waals surface area contributed by atoms with Crippen LogP contribution in [-0.4, -0.2) is 16.3 Å². The lowest BCUT2D eigenvalue weighted by Crippen LogP contribution is -2.17. The monoisotopic (exact) mass is 448 g/mol. The van der Waals surface area contributed by atoms with Gasteiger partial charge in [-0.2, -0.15) is 0 Å². The molecule has 1 aliphatic rings. The van der Waals surface area contributed by atoms with Gasteiger partial charge in [-0.1, -0.05) is 106 Å². The van der Waals surface area contributed by atoms with E-state index in [1.807, 2.05) is 23.2 Å². The first-order chi connectivity index (χ1) is 16.2. The summed E-state index contributed by atoms with van der Waals surface area (Å²) in [5, 5.41) is 2.54. The normalized spacial score (nSPS) is 14.5. The van der Waals surface area contributed by atoms with Gasteiger partial charge in [0, 0.05) is 0 Å². The van der Waals surface area contributed by atoms with Crippen LogP contribution in [0, 0.1) is 12.0 Å². The Balaban J connectivity index is 1.57. The number of nitrogens with zero attached hydrogens (tertiary/aromatic N) is 2. The van der Waals surface area contributed by atoms with Gasteiger partial charge in [-0.3, -0.25) is 9.56 Å². The summed E-state index contributed by atoms with van der Waals surface area (Å²) in [7, 11) is 0. The Morgan fingerprint density at radius 2 is 1.94 bits per heavy atom. The van der Waals surface area contributed by atoms with E-state index in [4.69, 9.17) is 9.40 Å². The van der Waals surface area contributed by atoms with E-state index in [0.717, 1.165) is 40.3 Å². The predicted octanol–water partition coefficient (Wildman–Crippen LogP) is 7.68. The Labute approximate surface area is 202 Å². The summed E-state index contributed by atoms with van der Waals surface area (Å²) in [6.45, 7) is 15.5. The van der Waals surface area contributed by atoms with Gasteiger partial charge in [-0.05, 0) is 45.7 Å². The standard InChI is InChI=1S/C31H32N2O/c1-20(2)13-25-19-34-29-17-24(18-32-30(25)29)21-11-12-33(6)28(16-21)23-14-22-9-7-8-10-26(22)27(15-23)31(3,4)5/h7-12,14-20H,6,13H2,1-5H3. The number of benzene rings is 2. The minimum Gasteiger partial charge on any atom is -0.311 e. The van der Waals surface area contributed by atoms with Crippen molar-refractivity contribution >= 4 is 34.2 Å². The highest BCUT2D eigenvalue weighted by Crippen LogP contribution is 2.36. The molecule has 0 bridgehead atoms. The van der Waals surface area contributed by atoms with Crippen LogP contribution in [0.15, 0.2) is 77.7 Å². The lowest BCUT2D eigenvalue weighted by Gasteiger charge is -2.27. The third-order valence-corrected chi connectivity index (χ3v) is 6.45. The minimum absolute atomic E-state index is 0.0289. The van der Waals surface area contributed by atoms with E-state index in [1.165, 1.54) is 21.9 Å². The van der Waals surface area contributed by atoms with Crippen molar-refractivity contribution in [2.45, 2.75) is 46.5 Å². The SMILES string of the molecule is C=[N+]1C=CC(c2cnc3c(CC(C)C)c[o+][c-]3c2)=C[C-]1c1cc(C(C)(C)C)c2ccccc2c1. The molecule has 0 unspecified atom stereocenters. The van der Waals surface area contributed by atoms with E-state index in [1.54, 1.807) is 0 Å². The van der Waals surface area contributed by atoms with E-state index in [0.29, 0.717) is 5.92 Å². The molecule has 0 saturated carbocycles. The molecule has 2 aromatic carbocycles. The quantitative estimate of drug-likeness (QED) is 0.182. The second kappa shape index (κ2) is 8.32. The van der Waals surface area contributed by atoms with E-state index in [-0.39, 0.29) is 5.41 Å². The summed E-state index contributed by atoms with van der Waals surface area (Å²) in [6.07, 6.45) is 11.1. The van der Waals surface area contributed by atoms with Crippen LogP contribution in [0.4, 0.5) is 0 Å². The Hall–Kier alpha value is -3.59. The maximum absolute atomic E-state index is 5.87. The van der Waals surface area contributed by atoms with Crippen LogP contribution < -0.4 is 0 Å². The maximum Gasteiger partial charge on any atom is 0.283 e. The summed E-state index contributed by atoms with van der Waals surface area (Å²) in [5.74, 6) is 0.561. The molecule has 0 atom stereocenters. The van der Waals surface area contributed by atoms with Gasteiger partial charge in [0.15, 0.2) is 0 Å². The maximum atomic E-state index is 5.87. The Kier molecular flexibility index (Phi) is 5.44. The second-order valence-electron chi connectivity index (χ2n) is 10.7. The van der Waals surface area contributed by atoms with Gasteiger partial charge in [0.05, 0.1) is 12.2 Å². The van der Waals surface area contributed by atoms with Crippen molar-refractivity contribution in [3.8, 4) is 0 Å². The number of fused-ring (bicyclic) bond motifs is 2. The number of hydrogen-bond donors (Lipinski definition) is 0.